The summed E-state index contributed by atoms with van der Waals surface area (Å²) in [7, 11) is 1.64. The van der Waals surface area contributed by atoms with Gasteiger partial charge in [-0.2, -0.15) is 0 Å². The van der Waals surface area contributed by atoms with Crippen LogP contribution in [0.5, 0.6) is 0 Å². The number of hydrogen-bond donors (Lipinski definition) is 2. The minimum Gasteiger partial charge on any atom is -0.385 e. The van der Waals surface area contributed by atoms with Crippen LogP contribution in [0.4, 0.5) is 0 Å². The van der Waals surface area contributed by atoms with Crippen molar-refractivity contribution in [2.24, 2.45) is 0 Å². The van der Waals surface area contributed by atoms with Crippen molar-refractivity contribution in [1.82, 2.24) is 10.6 Å². The van der Waals surface area contributed by atoms with Crippen LogP contribution in [-0.2, 0) is 23.7 Å². The molecule has 0 bridgehead atoms. The summed E-state index contributed by atoms with van der Waals surface area (Å²) >= 11 is 0. The van der Waals surface area contributed by atoms with Crippen LogP contribution in [0.2, 0.25) is 0 Å². The van der Waals surface area contributed by atoms with Crippen molar-refractivity contribution in [3.8, 4) is 0 Å². The van der Waals surface area contributed by atoms with Crippen LogP contribution in [0.1, 0.15) is 32.6 Å². The Hall–Kier alpha value is -0.730. The van der Waals surface area contributed by atoms with E-state index in [4.69, 9.17) is 18.9 Å². The number of amides is 1. The van der Waals surface area contributed by atoms with Gasteiger partial charge in [-0.25, -0.2) is 0 Å². The largest absolute Gasteiger partial charge is 0.385 e. The predicted molar refractivity (Wildman–Crippen MR) is 94.4 cm³/mol. The van der Waals surface area contributed by atoms with E-state index in [2.05, 4.69) is 17.6 Å². The van der Waals surface area contributed by atoms with Gasteiger partial charge < -0.3 is 29.6 Å². The average molecular weight is 348 g/mol. The topological polar surface area (TPSA) is 78.0 Å². The second-order valence-electron chi connectivity index (χ2n) is 5.34. The van der Waals surface area contributed by atoms with Crippen molar-refractivity contribution in [2.75, 3.05) is 73.0 Å². The molecule has 0 saturated heterocycles. The average Bonchev–Trinajstić information content (AvgIpc) is 2.58. The normalized spacial score (nSPS) is 10.9. The molecule has 0 aromatic carbocycles. The molecule has 1 amide bonds. The van der Waals surface area contributed by atoms with Crippen molar-refractivity contribution in [1.29, 1.82) is 0 Å². The van der Waals surface area contributed by atoms with Gasteiger partial charge in [-0.05, 0) is 32.4 Å². The fourth-order valence-corrected chi connectivity index (χ4v) is 1.89. The van der Waals surface area contributed by atoms with E-state index >= 15 is 0 Å². The van der Waals surface area contributed by atoms with Crippen LogP contribution in [0.15, 0.2) is 0 Å². The molecule has 0 fully saturated rings. The van der Waals surface area contributed by atoms with Crippen molar-refractivity contribution in [2.45, 2.75) is 32.6 Å². The van der Waals surface area contributed by atoms with Gasteiger partial charge in [0.25, 0.3) is 0 Å². The van der Waals surface area contributed by atoms with Gasteiger partial charge in [-0.15, -0.1) is 0 Å². The van der Waals surface area contributed by atoms with E-state index in [0.29, 0.717) is 52.6 Å². The molecule has 0 aliphatic rings. The lowest BCUT2D eigenvalue weighted by molar-refractivity contribution is -0.121. The Balaban J connectivity index is 3.06. The zero-order chi connectivity index (χ0) is 17.7. The Morgan fingerprint density at radius 3 is 1.96 bits per heavy atom. The van der Waals surface area contributed by atoms with Gasteiger partial charge in [0.15, 0.2) is 0 Å². The van der Waals surface area contributed by atoms with E-state index in [1.807, 2.05) is 0 Å². The smallest absolute Gasteiger partial charge is 0.220 e. The summed E-state index contributed by atoms with van der Waals surface area (Å²) in [5, 5.41) is 6.11. The van der Waals surface area contributed by atoms with E-state index in [1.165, 1.54) is 0 Å². The van der Waals surface area contributed by atoms with Crippen LogP contribution < -0.4 is 10.6 Å². The van der Waals surface area contributed by atoms with Crippen molar-refractivity contribution < 1.29 is 23.7 Å². The van der Waals surface area contributed by atoms with E-state index in [1.54, 1.807) is 7.11 Å². The fraction of sp³-hybridized carbons (Fsp3) is 0.941. The number of carbonyl (C=O) groups excluding carboxylic acids is 1. The highest BCUT2D eigenvalue weighted by molar-refractivity contribution is 5.75. The molecule has 0 heterocycles. The molecule has 0 spiro atoms. The predicted octanol–water partition coefficient (Wildman–Crippen LogP) is 0.969. The van der Waals surface area contributed by atoms with Crippen LogP contribution in [0.25, 0.3) is 0 Å². The summed E-state index contributed by atoms with van der Waals surface area (Å²) in [6, 6.07) is 0. The van der Waals surface area contributed by atoms with Gasteiger partial charge in [-0.3, -0.25) is 4.79 Å². The lowest BCUT2D eigenvalue weighted by Gasteiger charge is -2.08. The zero-order valence-electron chi connectivity index (χ0n) is 15.4. The number of methoxy groups -OCH3 is 1. The first-order valence-electron chi connectivity index (χ1n) is 9.00. The first-order valence-corrected chi connectivity index (χ1v) is 9.00. The monoisotopic (exact) mass is 348 g/mol. The van der Waals surface area contributed by atoms with Crippen molar-refractivity contribution in [3.05, 3.63) is 0 Å². The molecule has 0 aliphatic carbocycles. The molecule has 0 unspecified atom stereocenters. The molecule has 0 aromatic rings. The first-order chi connectivity index (χ1) is 11.8. The molecule has 0 atom stereocenters. The molecule has 7 heteroatoms. The lowest BCUT2D eigenvalue weighted by atomic mass is 10.3. The molecule has 0 radical (unpaired) electrons. The Morgan fingerprint density at radius 2 is 1.38 bits per heavy atom. The van der Waals surface area contributed by atoms with E-state index in [9.17, 15) is 4.79 Å². The van der Waals surface area contributed by atoms with E-state index in [0.717, 1.165) is 39.0 Å². The highest BCUT2D eigenvalue weighted by atomic mass is 16.5. The standard InChI is InChI=1S/C17H36N2O5/c1-3-18-8-5-11-22-13-15-24-16-14-23-12-6-9-19-17(20)7-4-10-21-2/h18H,3-16H2,1-2H3,(H,19,20). The van der Waals surface area contributed by atoms with Crippen LogP contribution >= 0.6 is 0 Å². The van der Waals surface area contributed by atoms with Gasteiger partial charge in [0, 0.05) is 39.9 Å². The van der Waals surface area contributed by atoms with Crippen LogP contribution in [0, 0.1) is 0 Å². The second-order valence-corrected chi connectivity index (χ2v) is 5.34. The maximum atomic E-state index is 11.4. The summed E-state index contributed by atoms with van der Waals surface area (Å²) in [5.74, 6) is 0.0702. The minimum atomic E-state index is 0.0702. The number of rotatable bonds is 19. The molecule has 0 aliphatic heterocycles. The third-order valence-electron chi connectivity index (χ3n) is 3.18. The molecular formula is C17H36N2O5. The van der Waals surface area contributed by atoms with Crippen molar-refractivity contribution >= 4 is 5.91 Å². The quantitative estimate of drug-likeness (QED) is 0.339. The molecule has 0 saturated carbocycles. The summed E-state index contributed by atoms with van der Waals surface area (Å²) in [6.45, 7) is 9.13. The minimum absolute atomic E-state index is 0.0702. The molecule has 2 N–H and O–H groups in total. The van der Waals surface area contributed by atoms with Gasteiger partial charge in [0.05, 0.1) is 26.4 Å². The highest BCUT2D eigenvalue weighted by Gasteiger charge is 1.99. The second kappa shape index (κ2) is 20.3. The zero-order valence-corrected chi connectivity index (χ0v) is 15.4. The molecule has 144 valence electrons. The maximum absolute atomic E-state index is 11.4. The van der Waals surface area contributed by atoms with Crippen LogP contribution in [-0.4, -0.2) is 78.9 Å². The van der Waals surface area contributed by atoms with Gasteiger partial charge in [0.1, 0.15) is 0 Å². The third kappa shape index (κ3) is 19.3. The number of carbonyl (C=O) groups is 1. The van der Waals surface area contributed by atoms with Crippen LogP contribution in [0.3, 0.4) is 0 Å². The van der Waals surface area contributed by atoms with E-state index < -0.39 is 0 Å². The fourth-order valence-electron chi connectivity index (χ4n) is 1.89. The molecule has 0 rings (SSSR count). The SMILES string of the molecule is CCNCCCOCCOCCOCCCNC(=O)CCCOC. The first kappa shape index (κ1) is 23.3. The molecule has 7 nitrogen and oxygen atoms in total. The lowest BCUT2D eigenvalue weighted by Crippen LogP contribution is -2.25. The number of hydrogen-bond acceptors (Lipinski definition) is 6. The van der Waals surface area contributed by atoms with Gasteiger partial charge in [-0.1, -0.05) is 6.92 Å². The Morgan fingerprint density at radius 1 is 0.792 bits per heavy atom. The van der Waals surface area contributed by atoms with E-state index in [-0.39, 0.29) is 5.91 Å². The molecule has 24 heavy (non-hydrogen) atoms. The molecule has 0 aromatic heterocycles. The summed E-state index contributed by atoms with van der Waals surface area (Å²) in [5.41, 5.74) is 0. The number of ether oxygens (including phenoxy) is 4. The highest BCUT2D eigenvalue weighted by Crippen LogP contribution is 1.90. The summed E-state index contributed by atoms with van der Waals surface area (Å²) in [6.07, 6.45) is 3.11. The Bertz CT molecular complexity index is 267. The maximum Gasteiger partial charge on any atom is 0.220 e. The Labute approximate surface area is 146 Å². The number of nitrogens with one attached hydrogen (secondary N) is 2. The summed E-state index contributed by atoms with van der Waals surface area (Å²) in [4.78, 5) is 11.4. The Kier molecular flexibility index (Phi) is 19.7. The van der Waals surface area contributed by atoms with Gasteiger partial charge >= 0.3 is 0 Å². The summed E-state index contributed by atoms with van der Waals surface area (Å²) < 4.78 is 21.2. The van der Waals surface area contributed by atoms with Crippen molar-refractivity contribution in [3.63, 3.8) is 0 Å². The molecular weight excluding hydrogens is 312 g/mol. The third-order valence-corrected chi connectivity index (χ3v) is 3.18. The van der Waals surface area contributed by atoms with Gasteiger partial charge in [0.2, 0.25) is 5.91 Å².